The van der Waals surface area contributed by atoms with Gasteiger partial charge >= 0.3 is 5.97 Å². The van der Waals surface area contributed by atoms with E-state index >= 15 is 0 Å². The van der Waals surface area contributed by atoms with E-state index in [4.69, 9.17) is 16.7 Å². The number of halogens is 1. The Morgan fingerprint density at radius 1 is 1.35 bits per heavy atom. The van der Waals surface area contributed by atoms with Crippen LogP contribution in [0.4, 0.5) is 5.82 Å². The third-order valence-electron chi connectivity index (χ3n) is 2.65. The van der Waals surface area contributed by atoms with Gasteiger partial charge < -0.3 is 10.0 Å². The molecule has 0 radical (unpaired) electrons. The number of carboxylic acid groups (broad SMARTS) is 1. The molecule has 1 aromatic rings. The predicted octanol–water partition coefficient (Wildman–Crippen LogP) is 0.337. The summed E-state index contributed by atoms with van der Waals surface area (Å²) in [5.74, 6) is -0.0477. The molecule has 0 atom stereocenters. The van der Waals surface area contributed by atoms with Crippen molar-refractivity contribution in [2.45, 2.75) is 0 Å². The molecule has 2 heterocycles. The number of hydrogen-bond donors (Lipinski definition) is 1. The molecular formula is C10H13ClN4O2. The zero-order valence-electron chi connectivity index (χ0n) is 9.21. The van der Waals surface area contributed by atoms with Crippen molar-refractivity contribution in [2.75, 3.05) is 37.6 Å². The second-order valence-electron chi connectivity index (χ2n) is 3.86. The van der Waals surface area contributed by atoms with E-state index in [0.29, 0.717) is 18.2 Å². The van der Waals surface area contributed by atoms with Gasteiger partial charge in [0, 0.05) is 26.2 Å². The maximum absolute atomic E-state index is 10.6. The van der Waals surface area contributed by atoms with Gasteiger partial charge in [0.15, 0.2) is 0 Å². The minimum atomic E-state index is -0.791. The van der Waals surface area contributed by atoms with Gasteiger partial charge in [0.1, 0.15) is 11.0 Å². The van der Waals surface area contributed by atoms with E-state index in [2.05, 4.69) is 14.9 Å². The zero-order valence-corrected chi connectivity index (χ0v) is 9.97. The Morgan fingerprint density at radius 2 is 2.06 bits per heavy atom. The summed E-state index contributed by atoms with van der Waals surface area (Å²) in [6.45, 7) is 2.99. The maximum Gasteiger partial charge on any atom is 0.317 e. The first-order chi connectivity index (χ1) is 8.15. The summed E-state index contributed by atoms with van der Waals surface area (Å²) in [7, 11) is 0. The molecule has 0 saturated carbocycles. The summed E-state index contributed by atoms with van der Waals surface area (Å²) in [6, 6.07) is 0. The lowest BCUT2D eigenvalue weighted by atomic mass is 10.3. The second-order valence-corrected chi connectivity index (χ2v) is 4.24. The molecule has 0 spiro atoms. The van der Waals surface area contributed by atoms with Gasteiger partial charge in [0.05, 0.1) is 18.9 Å². The summed E-state index contributed by atoms with van der Waals surface area (Å²) in [5.41, 5.74) is 0. The van der Waals surface area contributed by atoms with Crippen LogP contribution in [0, 0.1) is 0 Å². The van der Waals surface area contributed by atoms with Crippen molar-refractivity contribution in [3.8, 4) is 0 Å². The molecule has 2 rings (SSSR count). The number of carboxylic acids is 1. The van der Waals surface area contributed by atoms with Gasteiger partial charge in [-0.25, -0.2) is 4.98 Å². The fourth-order valence-electron chi connectivity index (χ4n) is 1.81. The minimum absolute atomic E-state index is 0.0923. The smallest absolute Gasteiger partial charge is 0.317 e. The monoisotopic (exact) mass is 256 g/mol. The average molecular weight is 257 g/mol. The molecule has 1 saturated heterocycles. The quantitative estimate of drug-likeness (QED) is 0.841. The van der Waals surface area contributed by atoms with Gasteiger partial charge in [0.2, 0.25) is 0 Å². The molecule has 1 aliphatic rings. The Balaban J connectivity index is 1.93. The van der Waals surface area contributed by atoms with E-state index < -0.39 is 5.97 Å². The van der Waals surface area contributed by atoms with Crippen molar-refractivity contribution in [1.29, 1.82) is 0 Å². The van der Waals surface area contributed by atoms with Gasteiger partial charge in [-0.1, -0.05) is 11.6 Å². The van der Waals surface area contributed by atoms with Crippen LogP contribution in [0.15, 0.2) is 12.4 Å². The Labute approximate surface area is 104 Å². The summed E-state index contributed by atoms with van der Waals surface area (Å²) in [6.07, 6.45) is 3.16. The van der Waals surface area contributed by atoms with Crippen LogP contribution in [-0.4, -0.2) is 58.7 Å². The Kier molecular flexibility index (Phi) is 3.75. The second kappa shape index (κ2) is 5.29. The number of nitrogens with zero attached hydrogens (tertiary/aromatic N) is 4. The number of aliphatic carboxylic acids is 1. The lowest BCUT2D eigenvalue weighted by Crippen LogP contribution is -2.48. The zero-order chi connectivity index (χ0) is 12.3. The molecule has 7 heteroatoms. The van der Waals surface area contributed by atoms with Crippen LogP contribution in [0.25, 0.3) is 0 Å². The Hall–Kier alpha value is -1.40. The van der Waals surface area contributed by atoms with Crippen LogP contribution in [0.1, 0.15) is 0 Å². The van der Waals surface area contributed by atoms with Crippen molar-refractivity contribution >= 4 is 23.4 Å². The molecule has 0 aliphatic carbocycles. The minimum Gasteiger partial charge on any atom is -0.480 e. The number of carbonyl (C=O) groups is 1. The lowest BCUT2D eigenvalue weighted by molar-refractivity contribution is -0.138. The van der Waals surface area contributed by atoms with Crippen molar-refractivity contribution in [3.05, 3.63) is 17.5 Å². The maximum atomic E-state index is 10.6. The SMILES string of the molecule is O=C(O)CN1CCN(c2cncc(Cl)n2)CC1. The molecule has 1 aromatic heterocycles. The van der Waals surface area contributed by atoms with Gasteiger partial charge in [0.25, 0.3) is 0 Å². The topological polar surface area (TPSA) is 69.6 Å². The lowest BCUT2D eigenvalue weighted by Gasteiger charge is -2.34. The standard InChI is InChI=1S/C10H13ClN4O2/c11-8-5-12-6-9(13-8)15-3-1-14(2-4-15)7-10(16)17/h5-6H,1-4,7H2,(H,16,17). The van der Waals surface area contributed by atoms with Crippen molar-refractivity contribution in [3.63, 3.8) is 0 Å². The molecular weight excluding hydrogens is 244 g/mol. The Bertz CT molecular complexity index is 407. The molecule has 0 amide bonds. The first-order valence-electron chi connectivity index (χ1n) is 5.32. The summed E-state index contributed by atoms with van der Waals surface area (Å²) in [5, 5.41) is 9.06. The summed E-state index contributed by atoms with van der Waals surface area (Å²) < 4.78 is 0. The number of anilines is 1. The van der Waals surface area contributed by atoms with Crippen LogP contribution >= 0.6 is 11.6 Å². The highest BCUT2D eigenvalue weighted by molar-refractivity contribution is 6.29. The van der Waals surface area contributed by atoms with E-state index in [9.17, 15) is 4.79 Å². The number of hydrogen-bond acceptors (Lipinski definition) is 5. The molecule has 1 fully saturated rings. The summed E-state index contributed by atoms with van der Waals surface area (Å²) in [4.78, 5) is 22.7. The van der Waals surface area contributed by atoms with Crippen LogP contribution in [0.2, 0.25) is 5.15 Å². The van der Waals surface area contributed by atoms with E-state index in [-0.39, 0.29) is 6.54 Å². The van der Waals surface area contributed by atoms with E-state index in [1.807, 2.05) is 4.90 Å². The van der Waals surface area contributed by atoms with E-state index in [1.165, 1.54) is 6.20 Å². The fraction of sp³-hybridized carbons (Fsp3) is 0.500. The highest BCUT2D eigenvalue weighted by Gasteiger charge is 2.19. The van der Waals surface area contributed by atoms with Crippen molar-refractivity contribution in [2.24, 2.45) is 0 Å². The molecule has 17 heavy (non-hydrogen) atoms. The molecule has 1 N–H and O–H groups in total. The van der Waals surface area contributed by atoms with Gasteiger partial charge in [-0.2, -0.15) is 0 Å². The molecule has 0 aromatic carbocycles. The summed E-state index contributed by atoms with van der Waals surface area (Å²) >= 11 is 5.77. The van der Waals surface area contributed by atoms with Crippen LogP contribution in [0.3, 0.4) is 0 Å². The molecule has 0 bridgehead atoms. The van der Waals surface area contributed by atoms with Crippen LogP contribution in [0.5, 0.6) is 0 Å². The van der Waals surface area contributed by atoms with Gasteiger partial charge in [-0.15, -0.1) is 0 Å². The fourth-order valence-corrected chi connectivity index (χ4v) is 1.95. The van der Waals surface area contributed by atoms with Crippen LogP contribution < -0.4 is 4.90 Å². The first kappa shape index (κ1) is 12.1. The highest BCUT2D eigenvalue weighted by Crippen LogP contribution is 2.14. The third kappa shape index (κ3) is 3.28. The predicted molar refractivity (Wildman–Crippen MR) is 63.3 cm³/mol. The number of piperazine rings is 1. The highest BCUT2D eigenvalue weighted by atomic mass is 35.5. The van der Waals surface area contributed by atoms with Crippen molar-refractivity contribution in [1.82, 2.24) is 14.9 Å². The first-order valence-corrected chi connectivity index (χ1v) is 5.69. The van der Waals surface area contributed by atoms with Gasteiger partial charge in [-0.05, 0) is 0 Å². The average Bonchev–Trinajstić information content (AvgIpc) is 2.29. The van der Waals surface area contributed by atoms with E-state index in [0.717, 1.165) is 18.9 Å². The van der Waals surface area contributed by atoms with E-state index in [1.54, 1.807) is 6.20 Å². The molecule has 6 nitrogen and oxygen atoms in total. The Morgan fingerprint density at radius 3 is 2.65 bits per heavy atom. The number of aromatic nitrogens is 2. The molecule has 92 valence electrons. The number of rotatable bonds is 3. The van der Waals surface area contributed by atoms with Crippen molar-refractivity contribution < 1.29 is 9.90 Å². The largest absolute Gasteiger partial charge is 0.480 e. The normalized spacial score (nSPS) is 17.1. The molecule has 1 aliphatic heterocycles. The third-order valence-corrected chi connectivity index (χ3v) is 2.83. The van der Waals surface area contributed by atoms with Gasteiger partial charge in [-0.3, -0.25) is 14.7 Å². The molecule has 0 unspecified atom stereocenters. The van der Waals surface area contributed by atoms with Crippen LogP contribution in [-0.2, 0) is 4.79 Å².